The van der Waals surface area contributed by atoms with E-state index >= 15 is 0 Å². The zero-order valence-electron chi connectivity index (χ0n) is 15.1. The SMILES string of the molecule is Nc1ncnc2c1ncn2[C@@H]1O[C@H](COP(=O)([O-])OP(=O)([O-])CP(=O)([O-])O)[C@@H](O)[C@H]1O. The summed E-state index contributed by atoms with van der Waals surface area (Å²) in [6, 6.07) is 0. The largest absolute Gasteiger partial charge is 0.778 e. The van der Waals surface area contributed by atoms with E-state index in [1.54, 1.807) is 0 Å². The molecule has 1 fully saturated rings. The van der Waals surface area contributed by atoms with E-state index in [2.05, 4.69) is 23.8 Å². The van der Waals surface area contributed by atoms with E-state index in [-0.39, 0.29) is 17.0 Å². The van der Waals surface area contributed by atoms with Crippen LogP contribution in [-0.4, -0.2) is 65.4 Å². The van der Waals surface area contributed by atoms with Crippen molar-refractivity contribution < 1.29 is 57.1 Å². The lowest BCUT2D eigenvalue weighted by atomic mass is 10.1. The number of aliphatic hydroxyl groups excluding tert-OH is 2. The van der Waals surface area contributed by atoms with Crippen molar-refractivity contribution in [2.24, 2.45) is 0 Å². The average Bonchev–Trinajstić information content (AvgIpc) is 3.13. The normalized spacial score (nSPS) is 30.0. The number of imidazole rings is 1. The van der Waals surface area contributed by atoms with Crippen LogP contribution in [0.2, 0.25) is 0 Å². The number of ether oxygens (including phenoxy) is 1. The van der Waals surface area contributed by atoms with Gasteiger partial charge in [0.15, 0.2) is 25.3 Å². The molecule has 3 unspecified atom stereocenters. The van der Waals surface area contributed by atoms with Gasteiger partial charge in [0.2, 0.25) is 0 Å². The van der Waals surface area contributed by atoms with E-state index in [9.17, 15) is 38.6 Å². The van der Waals surface area contributed by atoms with Gasteiger partial charge in [-0.15, -0.1) is 0 Å². The highest BCUT2D eigenvalue weighted by Gasteiger charge is 2.45. The Morgan fingerprint density at radius 1 is 1.16 bits per heavy atom. The van der Waals surface area contributed by atoms with E-state index in [0.717, 1.165) is 6.33 Å². The number of nitrogens with zero attached hydrogens (tertiary/aromatic N) is 4. The maximum Gasteiger partial charge on any atom is 0.272 e. The number of nitrogen functional groups attached to an aromatic ring is 1. The van der Waals surface area contributed by atoms with Crippen molar-refractivity contribution >= 4 is 40.0 Å². The molecule has 5 N–H and O–H groups in total. The Balaban J connectivity index is 1.69. The lowest BCUT2D eigenvalue weighted by Crippen LogP contribution is -2.34. The molecule has 2 aromatic rings. The molecule has 3 heterocycles. The fourth-order valence-corrected chi connectivity index (χ4v) is 6.90. The molecule has 1 aliphatic heterocycles. The Kier molecular flexibility index (Phi) is 6.71. The van der Waals surface area contributed by atoms with Gasteiger partial charge in [0.1, 0.15) is 37.8 Å². The molecule has 0 spiro atoms. The molecule has 0 amide bonds. The van der Waals surface area contributed by atoms with Crippen molar-refractivity contribution in [2.45, 2.75) is 24.5 Å². The molecule has 17 nitrogen and oxygen atoms in total. The van der Waals surface area contributed by atoms with Crippen molar-refractivity contribution in [3.8, 4) is 0 Å². The summed E-state index contributed by atoms with van der Waals surface area (Å²) in [6.07, 6.45) is -3.79. The average molecular weight is 502 g/mol. The Hall–Kier alpha value is -1.32. The van der Waals surface area contributed by atoms with E-state index in [1.807, 2.05) is 0 Å². The number of phosphoric ester groups is 1. The van der Waals surface area contributed by atoms with Crippen LogP contribution in [0, 0.1) is 0 Å². The van der Waals surface area contributed by atoms with E-state index < -0.39 is 60.1 Å². The van der Waals surface area contributed by atoms with Crippen LogP contribution in [0.3, 0.4) is 0 Å². The molecule has 20 heteroatoms. The highest BCUT2D eigenvalue weighted by Crippen LogP contribution is 2.60. The number of phosphoric acid groups is 1. The van der Waals surface area contributed by atoms with E-state index in [1.165, 1.54) is 10.9 Å². The van der Waals surface area contributed by atoms with Gasteiger partial charge in [0.05, 0.1) is 18.8 Å². The van der Waals surface area contributed by atoms with Gasteiger partial charge in [0.25, 0.3) is 7.82 Å². The Morgan fingerprint density at radius 2 is 1.84 bits per heavy atom. The van der Waals surface area contributed by atoms with Crippen LogP contribution in [0.4, 0.5) is 5.82 Å². The number of nitrogens with two attached hydrogens (primary N) is 1. The maximum absolute atomic E-state index is 11.7. The van der Waals surface area contributed by atoms with Crippen LogP contribution in [0.15, 0.2) is 12.7 Å². The fourth-order valence-electron chi connectivity index (χ4n) is 2.74. The van der Waals surface area contributed by atoms with Crippen LogP contribution in [-0.2, 0) is 27.3 Å². The van der Waals surface area contributed by atoms with E-state index in [0.29, 0.717) is 0 Å². The lowest BCUT2D eigenvalue weighted by molar-refractivity contribution is -0.234. The predicted octanol–water partition coefficient (Wildman–Crippen LogP) is -3.41. The summed E-state index contributed by atoms with van der Waals surface area (Å²) in [5.41, 5.74) is 5.98. The minimum Gasteiger partial charge on any atom is -0.778 e. The molecule has 1 saturated heterocycles. The Bertz CT molecular complexity index is 1110. The van der Waals surface area contributed by atoms with Crippen molar-refractivity contribution in [3.05, 3.63) is 12.7 Å². The topological polar surface area (TPSA) is 278 Å². The van der Waals surface area contributed by atoms with Gasteiger partial charge in [-0.1, -0.05) is 0 Å². The highest BCUT2D eigenvalue weighted by molar-refractivity contribution is 7.72. The van der Waals surface area contributed by atoms with Gasteiger partial charge >= 0.3 is 0 Å². The molecular weight excluding hydrogens is 487 g/mol. The molecule has 174 valence electrons. The molecule has 31 heavy (non-hydrogen) atoms. The zero-order valence-corrected chi connectivity index (χ0v) is 17.8. The quantitative estimate of drug-likeness (QED) is 0.256. The molecule has 0 bridgehead atoms. The second kappa shape index (κ2) is 8.56. The molecule has 3 rings (SSSR count). The van der Waals surface area contributed by atoms with Gasteiger partial charge in [-0.3, -0.25) is 13.4 Å². The lowest BCUT2D eigenvalue weighted by Gasteiger charge is -2.33. The van der Waals surface area contributed by atoms with Crippen molar-refractivity contribution in [1.82, 2.24) is 19.5 Å². The number of hydrogen-bond acceptors (Lipinski definition) is 15. The summed E-state index contributed by atoms with van der Waals surface area (Å²) in [4.78, 5) is 53.9. The molecular formula is C11H15N5O12P3-3. The van der Waals surface area contributed by atoms with Crippen molar-refractivity contribution in [3.63, 3.8) is 0 Å². The minimum atomic E-state index is -5.65. The zero-order chi connectivity index (χ0) is 23.2. The summed E-state index contributed by atoms with van der Waals surface area (Å²) in [7, 11) is -16.6. The second-order valence-corrected chi connectivity index (χ2v) is 11.8. The van der Waals surface area contributed by atoms with Crippen molar-refractivity contribution in [1.29, 1.82) is 0 Å². The smallest absolute Gasteiger partial charge is 0.272 e. The number of anilines is 1. The summed E-state index contributed by atoms with van der Waals surface area (Å²) in [6.45, 7) is -1.01. The molecule has 0 aliphatic carbocycles. The van der Waals surface area contributed by atoms with E-state index in [4.69, 9.17) is 15.4 Å². The summed E-state index contributed by atoms with van der Waals surface area (Å²) in [5, 5.41) is 20.4. The summed E-state index contributed by atoms with van der Waals surface area (Å²) >= 11 is 0. The second-order valence-electron chi connectivity index (χ2n) is 6.34. The molecule has 0 saturated carbocycles. The molecule has 0 radical (unpaired) electrons. The predicted molar refractivity (Wildman–Crippen MR) is 92.6 cm³/mol. The van der Waals surface area contributed by atoms with Crippen LogP contribution < -0.4 is 20.4 Å². The maximum atomic E-state index is 11.7. The number of aromatic nitrogens is 4. The summed E-state index contributed by atoms with van der Waals surface area (Å²) in [5.74, 6) is -1.94. The standard InChI is InChI=1S/C11H18N5O12P3/c12-9-6-10(14-2-13-9)16(3-15-6)11-8(18)7(17)5(27-11)1-26-31(24,25)28-30(22,23)4-29(19,20)21/h2-3,5,7-8,11,17-18H,1,4H2,(H,22,23)(H,24,25)(H2,12,13,14)(H2,19,20,21)/p-3/t5-,7-,8-,11-/m1/s1. The fraction of sp³-hybridized carbons (Fsp3) is 0.545. The Morgan fingerprint density at radius 3 is 2.48 bits per heavy atom. The molecule has 7 atom stereocenters. The third-order valence-electron chi connectivity index (χ3n) is 3.97. The number of rotatable bonds is 8. The van der Waals surface area contributed by atoms with Crippen LogP contribution in [0.25, 0.3) is 11.2 Å². The number of hydrogen-bond donors (Lipinski definition) is 4. The first-order chi connectivity index (χ1) is 14.2. The highest BCUT2D eigenvalue weighted by atomic mass is 31.3. The number of fused-ring (bicyclic) bond motifs is 1. The first kappa shape index (κ1) is 24.3. The minimum absolute atomic E-state index is 0.0358. The Labute approximate surface area is 172 Å². The first-order valence-electron chi connectivity index (χ1n) is 8.13. The van der Waals surface area contributed by atoms with Crippen LogP contribution >= 0.6 is 23.0 Å². The number of aliphatic hydroxyl groups is 2. The van der Waals surface area contributed by atoms with Crippen LogP contribution in [0.5, 0.6) is 0 Å². The summed E-state index contributed by atoms with van der Waals surface area (Å²) < 4.78 is 48.3. The first-order valence-corrected chi connectivity index (χ1v) is 13.1. The third-order valence-corrected chi connectivity index (χ3v) is 9.05. The van der Waals surface area contributed by atoms with Crippen LogP contribution in [0.1, 0.15) is 6.23 Å². The molecule has 0 aromatic carbocycles. The van der Waals surface area contributed by atoms with Gasteiger partial charge in [-0.2, -0.15) is 0 Å². The molecule has 1 aliphatic rings. The third kappa shape index (κ3) is 5.73. The van der Waals surface area contributed by atoms with Gasteiger partial charge in [-0.25, -0.2) is 15.0 Å². The molecule has 2 aromatic heterocycles. The van der Waals surface area contributed by atoms with Gasteiger partial charge in [0, 0.05) is 0 Å². The van der Waals surface area contributed by atoms with Gasteiger partial charge in [-0.05, 0) is 0 Å². The van der Waals surface area contributed by atoms with Crippen molar-refractivity contribution in [2.75, 3.05) is 18.2 Å². The monoisotopic (exact) mass is 502 g/mol. The van der Waals surface area contributed by atoms with Gasteiger partial charge < -0.3 is 53.9 Å².